The van der Waals surface area contributed by atoms with E-state index in [9.17, 15) is 13.6 Å². The van der Waals surface area contributed by atoms with E-state index in [1.54, 1.807) is 6.07 Å². The van der Waals surface area contributed by atoms with E-state index in [1.807, 2.05) is 6.07 Å². The predicted octanol–water partition coefficient (Wildman–Crippen LogP) is 3.95. The molecular formula is C20H13F2N3O2. The highest BCUT2D eigenvalue weighted by molar-refractivity contribution is 5.96. The number of nitrogens with one attached hydrogen (secondary N) is 1. The van der Waals surface area contributed by atoms with Crippen molar-refractivity contribution >= 4 is 5.91 Å². The van der Waals surface area contributed by atoms with Gasteiger partial charge in [0.15, 0.2) is 0 Å². The average Bonchev–Trinajstić information content (AvgIpc) is 2.69. The molecule has 3 rings (SSSR count). The molecule has 0 saturated heterocycles. The topological polar surface area (TPSA) is 75.0 Å². The van der Waals surface area contributed by atoms with Crippen molar-refractivity contribution in [3.63, 3.8) is 0 Å². The maximum atomic E-state index is 13.9. The van der Waals surface area contributed by atoms with Gasteiger partial charge in [0.05, 0.1) is 11.6 Å². The number of benzene rings is 2. The lowest BCUT2D eigenvalue weighted by atomic mass is 10.1. The van der Waals surface area contributed by atoms with Crippen molar-refractivity contribution in [2.45, 2.75) is 6.54 Å². The van der Waals surface area contributed by atoms with Crippen molar-refractivity contribution in [3.05, 3.63) is 89.1 Å². The lowest BCUT2D eigenvalue weighted by Gasteiger charge is -2.11. The van der Waals surface area contributed by atoms with E-state index in [-0.39, 0.29) is 29.1 Å². The summed E-state index contributed by atoms with van der Waals surface area (Å²) in [5.41, 5.74) is 0.591. The van der Waals surface area contributed by atoms with Gasteiger partial charge in [-0.05, 0) is 48.5 Å². The molecule has 0 aliphatic carbocycles. The third-order valence-corrected chi connectivity index (χ3v) is 3.67. The standard InChI is InChI=1S/C20H13F2N3O2/c21-15-5-7-16(8-6-15)27-20-17(2-1-9-24-20)19(26)25-12-14-4-3-13(11-23)10-18(14)22/h1-10H,12H2,(H,25,26). The van der Waals surface area contributed by atoms with Crippen LogP contribution in [0.4, 0.5) is 8.78 Å². The Balaban J connectivity index is 1.73. The molecule has 27 heavy (non-hydrogen) atoms. The zero-order chi connectivity index (χ0) is 19.2. The molecule has 134 valence electrons. The Morgan fingerprint density at radius 3 is 2.63 bits per heavy atom. The van der Waals surface area contributed by atoms with Crippen LogP contribution < -0.4 is 10.1 Å². The van der Waals surface area contributed by atoms with Crippen molar-refractivity contribution < 1.29 is 18.3 Å². The van der Waals surface area contributed by atoms with Crippen LogP contribution in [0.1, 0.15) is 21.5 Å². The molecule has 5 nitrogen and oxygen atoms in total. The Hall–Kier alpha value is -3.79. The number of aromatic nitrogens is 1. The summed E-state index contributed by atoms with van der Waals surface area (Å²) in [5.74, 6) is -1.14. The zero-order valence-corrected chi connectivity index (χ0v) is 13.9. The smallest absolute Gasteiger partial charge is 0.257 e. The molecule has 0 aliphatic heterocycles. The highest BCUT2D eigenvalue weighted by Crippen LogP contribution is 2.23. The fourth-order valence-corrected chi connectivity index (χ4v) is 2.29. The van der Waals surface area contributed by atoms with E-state index in [0.717, 1.165) is 6.07 Å². The van der Waals surface area contributed by atoms with E-state index in [4.69, 9.17) is 10.00 Å². The van der Waals surface area contributed by atoms with Crippen LogP contribution in [-0.2, 0) is 6.54 Å². The Morgan fingerprint density at radius 2 is 1.93 bits per heavy atom. The van der Waals surface area contributed by atoms with E-state index in [2.05, 4.69) is 10.3 Å². The van der Waals surface area contributed by atoms with Gasteiger partial charge in [-0.3, -0.25) is 4.79 Å². The third-order valence-electron chi connectivity index (χ3n) is 3.67. The number of amides is 1. The molecule has 1 aromatic heterocycles. The average molecular weight is 365 g/mol. The summed E-state index contributed by atoms with van der Waals surface area (Å²) in [6, 6.07) is 14.2. The van der Waals surface area contributed by atoms with Gasteiger partial charge in [0.1, 0.15) is 22.9 Å². The Labute approximate surface area is 153 Å². The molecule has 3 aromatic rings. The molecule has 0 fully saturated rings. The second-order valence-electron chi connectivity index (χ2n) is 5.51. The molecule has 0 radical (unpaired) electrons. The minimum Gasteiger partial charge on any atom is -0.438 e. The normalized spacial score (nSPS) is 10.1. The number of hydrogen-bond donors (Lipinski definition) is 1. The molecule has 1 amide bonds. The number of carbonyl (C=O) groups excluding carboxylic acids is 1. The highest BCUT2D eigenvalue weighted by Gasteiger charge is 2.15. The number of hydrogen-bond acceptors (Lipinski definition) is 4. The van der Waals surface area contributed by atoms with Gasteiger partial charge >= 0.3 is 0 Å². The number of carbonyl (C=O) groups is 1. The summed E-state index contributed by atoms with van der Waals surface area (Å²) < 4.78 is 32.5. The summed E-state index contributed by atoms with van der Waals surface area (Å²) in [5, 5.41) is 11.3. The zero-order valence-electron chi connectivity index (χ0n) is 13.9. The monoisotopic (exact) mass is 365 g/mol. The molecule has 0 spiro atoms. The van der Waals surface area contributed by atoms with Gasteiger partial charge in [-0.25, -0.2) is 13.8 Å². The molecule has 2 aromatic carbocycles. The number of pyridine rings is 1. The van der Waals surface area contributed by atoms with Crippen LogP contribution in [0.5, 0.6) is 11.6 Å². The molecule has 1 heterocycles. The third kappa shape index (κ3) is 4.44. The van der Waals surface area contributed by atoms with Crippen LogP contribution >= 0.6 is 0 Å². The van der Waals surface area contributed by atoms with Gasteiger partial charge in [-0.1, -0.05) is 6.07 Å². The summed E-state index contributed by atoms with van der Waals surface area (Å²) in [7, 11) is 0. The fourth-order valence-electron chi connectivity index (χ4n) is 2.29. The fraction of sp³-hybridized carbons (Fsp3) is 0.0500. The van der Waals surface area contributed by atoms with Gasteiger partial charge in [0.2, 0.25) is 5.88 Å². The maximum absolute atomic E-state index is 13.9. The van der Waals surface area contributed by atoms with Crippen LogP contribution in [0, 0.1) is 23.0 Å². The van der Waals surface area contributed by atoms with Gasteiger partial charge in [0, 0.05) is 18.3 Å². The Bertz CT molecular complexity index is 1010. The Kier molecular flexibility index (Phi) is 5.38. The SMILES string of the molecule is N#Cc1ccc(CNC(=O)c2cccnc2Oc2ccc(F)cc2)c(F)c1. The van der Waals surface area contributed by atoms with Crippen LogP contribution in [-0.4, -0.2) is 10.9 Å². The molecule has 0 atom stereocenters. The van der Waals surface area contributed by atoms with Crippen LogP contribution in [0.25, 0.3) is 0 Å². The van der Waals surface area contributed by atoms with E-state index < -0.39 is 17.5 Å². The quantitative estimate of drug-likeness (QED) is 0.743. The Morgan fingerprint density at radius 1 is 1.15 bits per heavy atom. The van der Waals surface area contributed by atoms with Crippen LogP contribution in [0.2, 0.25) is 0 Å². The summed E-state index contributed by atoms with van der Waals surface area (Å²) in [4.78, 5) is 16.5. The minimum absolute atomic E-state index is 0.0434. The van der Waals surface area contributed by atoms with Crippen LogP contribution in [0.15, 0.2) is 60.8 Å². The lowest BCUT2D eigenvalue weighted by molar-refractivity contribution is 0.0947. The minimum atomic E-state index is -0.580. The van der Waals surface area contributed by atoms with Crippen molar-refractivity contribution in [3.8, 4) is 17.7 Å². The van der Waals surface area contributed by atoms with Gasteiger partial charge in [0.25, 0.3) is 5.91 Å². The number of halogens is 2. The van der Waals surface area contributed by atoms with Crippen molar-refractivity contribution in [2.75, 3.05) is 0 Å². The molecule has 1 N–H and O–H groups in total. The number of nitrogens with zero attached hydrogens (tertiary/aromatic N) is 2. The van der Waals surface area contributed by atoms with E-state index in [1.165, 1.54) is 48.7 Å². The van der Waals surface area contributed by atoms with Gasteiger partial charge in [-0.2, -0.15) is 5.26 Å². The summed E-state index contributed by atoms with van der Waals surface area (Å²) in [6.45, 7) is -0.0682. The second kappa shape index (κ2) is 8.06. The van der Waals surface area contributed by atoms with Crippen molar-refractivity contribution in [1.82, 2.24) is 10.3 Å². The molecule has 0 aliphatic rings. The van der Waals surface area contributed by atoms with Crippen LogP contribution in [0.3, 0.4) is 0 Å². The largest absolute Gasteiger partial charge is 0.438 e. The molecule has 0 bridgehead atoms. The molecule has 7 heteroatoms. The van der Waals surface area contributed by atoms with E-state index in [0.29, 0.717) is 5.75 Å². The summed E-state index contributed by atoms with van der Waals surface area (Å²) >= 11 is 0. The first-order valence-electron chi connectivity index (χ1n) is 7.92. The number of nitriles is 1. The second-order valence-corrected chi connectivity index (χ2v) is 5.51. The highest BCUT2D eigenvalue weighted by atomic mass is 19.1. The first-order valence-corrected chi connectivity index (χ1v) is 7.92. The van der Waals surface area contributed by atoms with Crippen molar-refractivity contribution in [1.29, 1.82) is 5.26 Å². The van der Waals surface area contributed by atoms with Crippen molar-refractivity contribution in [2.24, 2.45) is 0 Å². The predicted molar refractivity (Wildman–Crippen MR) is 93.0 cm³/mol. The number of rotatable bonds is 5. The maximum Gasteiger partial charge on any atom is 0.257 e. The molecule has 0 unspecified atom stereocenters. The van der Waals surface area contributed by atoms with Gasteiger partial charge < -0.3 is 10.1 Å². The lowest BCUT2D eigenvalue weighted by Crippen LogP contribution is -2.24. The molecule has 0 saturated carbocycles. The molecular weight excluding hydrogens is 352 g/mol. The summed E-state index contributed by atoms with van der Waals surface area (Å²) in [6.07, 6.45) is 1.45. The first kappa shape index (κ1) is 18.0. The van der Waals surface area contributed by atoms with Gasteiger partial charge in [-0.15, -0.1) is 0 Å². The van der Waals surface area contributed by atoms with E-state index >= 15 is 0 Å². The number of ether oxygens (including phenoxy) is 1. The first-order chi connectivity index (χ1) is 13.1.